The van der Waals surface area contributed by atoms with Crippen molar-refractivity contribution in [3.63, 3.8) is 0 Å². The molecule has 0 fully saturated rings. The van der Waals surface area contributed by atoms with Crippen LogP contribution < -0.4 is 4.74 Å². The van der Waals surface area contributed by atoms with Crippen molar-refractivity contribution in [1.82, 2.24) is 0 Å². The van der Waals surface area contributed by atoms with Crippen LogP contribution in [0.4, 0.5) is 0 Å². The van der Waals surface area contributed by atoms with Crippen LogP contribution in [0.3, 0.4) is 0 Å². The molecule has 0 saturated carbocycles. The molecule has 0 radical (unpaired) electrons. The van der Waals surface area contributed by atoms with Crippen LogP contribution in [0.25, 0.3) is 10.8 Å². The maximum atomic E-state index is 11.5. The van der Waals surface area contributed by atoms with E-state index in [0.717, 1.165) is 28.5 Å². The Kier molecular flexibility index (Phi) is 10.9. The van der Waals surface area contributed by atoms with Crippen LogP contribution in [0.2, 0.25) is 0 Å². The second kappa shape index (κ2) is 13.7. The molecule has 1 unspecified atom stereocenters. The number of carbonyl (C=O) groups is 1. The summed E-state index contributed by atoms with van der Waals surface area (Å²) in [6, 6.07) is 12.3. The topological polar surface area (TPSA) is 35.5 Å². The Labute approximate surface area is 182 Å². The number of unbranched alkanes of at least 4 members (excludes halogenated alkanes) is 7. The Bertz CT molecular complexity index is 844. The number of ether oxygens (including phenoxy) is 2. The van der Waals surface area contributed by atoms with Crippen molar-refractivity contribution >= 4 is 16.7 Å². The van der Waals surface area contributed by atoms with E-state index in [0.29, 0.717) is 13.0 Å². The van der Waals surface area contributed by atoms with Crippen molar-refractivity contribution in [3.05, 3.63) is 42.0 Å². The lowest BCUT2D eigenvalue weighted by Crippen LogP contribution is -2.11. The summed E-state index contributed by atoms with van der Waals surface area (Å²) in [5.41, 5.74) is 0.840. The molecule has 0 amide bonds. The minimum Gasteiger partial charge on any atom is -0.492 e. The molecule has 0 aliphatic carbocycles. The van der Waals surface area contributed by atoms with Crippen molar-refractivity contribution in [3.8, 4) is 17.6 Å². The highest BCUT2D eigenvalue weighted by Gasteiger charge is 2.09. The Morgan fingerprint density at radius 3 is 2.37 bits per heavy atom. The number of benzene rings is 2. The molecule has 0 bridgehead atoms. The summed E-state index contributed by atoms with van der Waals surface area (Å²) in [6.45, 7) is 6.52. The van der Waals surface area contributed by atoms with Crippen molar-refractivity contribution in [1.29, 1.82) is 0 Å². The molecule has 0 N–H and O–H groups in total. The molecule has 1 atom stereocenters. The summed E-state index contributed by atoms with van der Waals surface area (Å²) in [5.74, 6) is 6.79. The Morgan fingerprint density at radius 2 is 1.63 bits per heavy atom. The van der Waals surface area contributed by atoms with Crippen LogP contribution >= 0.6 is 0 Å². The molecule has 0 spiro atoms. The molecule has 2 aromatic carbocycles. The maximum absolute atomic E-state index is 11.5. The second-order valence-corrected chi connectivity index (χ2v) is 7.74. The van der Waals surface area contributed by atoms with E-state index in [1.807, 2.05) is 18.2 Å². The van der Waals surface area contributed by atoms with Gasteiger partial charge in [-0.2, -0.15) is 0 Å². The zero-order valence-corrected chi connectivity index (χ0v) is 18.8. The number of hydrogen-bond donors (Lipinski definition) is 0. The minimum absolute atomic E-state index is 0.235. The fourth-order valence-corrected chi connectivity index (χ4v) is 3.40. The van der Waals surface area contributed by atoms with Crippen LogP contribution in [0.15, 0.2) is 36.4 Å². The van der Waals surface area contributed by atoms with Gasteiger partial charge in [0.2, 0.25) is 0 Å². The lowest BCUT2D eigenvalue weighted by Gasteiger charge is -2.12. The van der Waals surface area contributed by atoms with Gasteiger partial charge in [-0.15, -0.1) is 0 Å². The molecule has 0 heterocycles. The minimum atomic E-state index is -0.440. The maximum Gasteiger partial charge on any atom is 0.306 e. The van der Waals surface area contributed by atoms with Gasteiger partial charge < -0.3 is 9.47 Å². The average Bonchev–Trinajstić information content (AvgIpc) is 2.76. The lowest BCUT2D eigenvalue weighted by molar-refractivity contribution is -0.145. The summed E-state index contributed by atoms with van der Waals surface area (Å²) in [6.07, 6.45) is 10.1. The average molecular weight is 409 g/mol. The van der Waals surface area contributed by atoms with E-state index in [1.165, 1.54) is 44.9 Å². The van der Waals surface area contributed by atoms with Gasteiger partial charge in [0, 0.05) is 11.8 Å². The fraction of sp³-hybridized carbons (Fsp3) is 0.519. The van der Waals surface area contributed by atoms with Gasteiger partial charge in [-0.1, -0.05) is 101 Å². The van der Waals surface area contributed by atoms with Gasteiger partial charge in [0.25, 0.3) is 0 Å². The van der Waals surface area contributed by atoms with E-state index in [9.17, 15) is 4.79 Å². The molecule has 0 saturated heterocycles. The molecule has 0 aromatic heterocycles. The van der Waals surface area contributed by atoms with E-state index < -0.39 is 6.10 Å². The van der Waals surface area contributed by atoms with Crippen LogP contribution in [-0.2, 0) is 9.53 Å². The summed E-state index contributed by atoms with van der Waals surface area (Å²) >= 11 is 0. The third-order valence-electron chi connectivity index (χ3n) is 5.13. The Morgan fingerprint density at radius 1 is 0.933 bits per heavy atom. The monoisotopic (exact) mass is 408 g/mol. The third-order valence-corrected chi connectivity index (χ3v) is 5.13. The summed E-state index contributed by atoms with van der Waals surface area (Å²) in [5, 5.41) is 2.21. The zero-order chi connectivity index (χ0) is 21.6. The first-order valence-electron chi connectivity index (χ1n) is 11.5. The molecule has 0 aliphatic rings. The van der Waals surface area contributed by atoms with Gasteiger partial charge in [0.1, 0.15) is 5.75 Å². The largest absolute Gasteiger partial charge is 0.492 e. The summed E-state index contributed by atoms with van der Waals surface area (Å²) < 4.78 is 11.5. The number of hydrogen-bond acceptors (Lipinski definition) is 3. The van der Waals surface area contributed by atoms with Crippen LogP contribution in [0, 0.1) is 11.8 Å². The SMILES string of the molecule is CCCCCCCCCCOc1c(C#CC(C)OC(=O)CC)ccc2ccccc12. The smallest absolute Gasteiger partial charge is 0.306 e. The second-order valence-electron chi connectivity index (χ2n) is 7.74. The van der Waals surface area contributed by atoms with Crippen molar-refractivity contribution in [2.75, 3.05) is 6.61 Å². The highest BCUT2D eigenvalue weighted by Crippen LogP contribution is 2.30. The van der Waals surface area contributed by atoms with E-state index in [2.05, 4.69) is 37.0 Å². The third kappa shape index (κ3) is 8.11. The number of esters is 1. The van der Waals surface area contributed by atoms with Crippen molar-refractivity contribution in [2.45, 2.75) is 84.7 Å². The van der Waals surface area contributed by atoms with Gasteiger partial charge >= 0.3 is 5.97 Å². The first-order valence-corrected chi connectivity index (χ1v) is 11.5. The molecule has 3 heteroatoms. The van der Waals surface area contributed by atoms with Gasteiger partial charge in [-0.3, -0.25) is 4.79 Å². The van der Waals surface area contributed by atoms with Crippen molar-refractivity contribution in [2.24, 2.45) is 0 Å². The fourth-order valence-electron chi connectivity index (χ4n) is 3.40. The number of fused-ring (bicyclic) bond motifs is 1. The quantitative estimate of drug-likeness (QED) is 0.214. The van der Waals surface area contributed by atoms with E-state index in [1.54, 1.807) is 13.8 Å². The Hall–Kier alpha value is -2.47. The molecule has 162 valence electrons. The molecular weight excluding hydrogens is 372 g/mol. The molecular formula is C27H36O3. The van der Waals surface area contributed by atoms with Gasteiger partial charge in [0.15, 0.2) is 6.10 Å². The lowest BCUT2D eigenvalue weighted by atomic mass is 10.1. The van der Waals surface area contributed by atoms with E-state index in [4.69, 9.17) is 9.47 Å². The van der Waals surface area contributed by atoms with Gasteiger partial charge in [-0.05, 0) is 24.8 Å². The molecule has 30 heavy (non-hydrogen) atoms. The standard InChI is InChI=1S/C27H36O3/c1-4-6-7-8-9-10-11-14-21-29-27-24(18-17-22(3)30-26(28)5-2)20-19-23-15-12-13-16-25(23)27/h12-13,15-16,19-20,22H,4-11,14,21H2,1-3H3. The highest BCUT2D eigenvalue weighted by atomic mass is 16.5. The highest BCUT2D eigenvalue weighted by molar-refractivity contribution is 5.90. The predicted molar refractivity (Wildman–Crippen MR) is 125 cm³/mol. The summed E-state index contributed by atoms with van der Waals surface area (Å²) in [7, 11) is 0. The number of carbonyl (C=O) groups excluding carboxylic acids is 1. The van der Waals surface area contributed by atoms with Crippen LogP contribution in [0.5, 0.6) is 5.75 Å². The Balaban J connectivity index is 1.99. The summed E-state index contributed by atoms with van der Waals surface area (Å²) in [4.78, 5) is 11.5. The van der Waals surface area contributed by atoms with Crippen molar-refractivity contribution < 1.29 is 14.3 Å². The van der Waals surface area contributed by atoms with Crippen LogP contribution in [0.1, 0.15) is 84.1 Å². The zero-order valence-electron chi connectivity index (χ0n) is 18.8. The molecule has 3 nitrogen and oxygen atoms in total. The predicted octanol–water partition coefficient (Wildman–Crippen LogP) is 7.05. The first kappa shape index (κ1) is 23.8. The van der Waals surface area contributed by atoms with Gasteiger partial charge in [0.05, 0.1) is 12.2 Å². The van der Waals surface area contributed by atoms with E-state index in [-0.39, 0.29) is 5.97 Å². The van der Waals surface area contributed by atoms with Gasteiger partial charge in [-0.25, -0.2) is 0 Å². The molecule has 0 aliphatic heterocycles. The molecule has 2 rings (SSSR count). The molecule has 2 aromatic rings. The normalized spacial score (nSPS) is 11.6. The van der Waals surface area contributed by atoms with Crippen LogP contribution in [-0.4, -0.2) is 18.7 Å². The number of rotatable bonds is 12. The first-order chi connectivity index (χ1) is 14.7. The van der Waals surface area contributed by atoms with E-state index >= 15 is 0 Å².